The van der Waals surface area contributed by atoms with E-state index in [0.29, 0.717) is 5.69 Å². The number of hydrogen-bond acceptors (Lipinski definition) is 4. The Hall–Kier alpha value is -2.17. The van der Waals surface area contributed by atoms with E-state index in [0.717, 1.165) is 25.7 Å². The van der Waals surface area contributed by atoms with E-state index in [1.807, 2.05) is 0 Å². The molecule has 0 unspecified atom stereocenters. The maximum atomic E-state index is 12.3. The fourth-order valence-corrected chi connectivity index (χ4v) is 3.16. The minimum atomic E-state index is -1.27. The number of hydrogen-bond donors (Lipinski definition) is 0. The summed E-state index contributed by atoms with van der Waals surface area (Å²) in [5.41, 5.74) is 0.477. The number of aromatic carboxylic acids is 1. The molecule has 0 radical (unpaired) electrons. The molecule has 0 spiro atoms. The van der Waals surface area contributed by atoms with E-state index in [-0.39, 0.29) is 29.2 Å². The van der Waals surface area contributed by atoms with Crippen LogP contribution in [0.25, 0.3) is 0 Å². The predicted molar refractivity (Wildman–Crippen MR) is 68.7 cm³/mol. The van der Waals surface area contributed by atoms with Crippen molar-refractivity contribution in [2.45, 2.75) is 25.7 Å². The van der Waals surface area contributed by atoms with Crippen molar-refractivity contribution < 1.29 is 19.5 Å². The lowest BCUT2D eigenvalue weighted by atomic mass is 9.81. The molecule has 20 heavy (non-hydrogen) atoms. The highest BCUT2D eigenvalue weighted by Crippen LogP contribution is 2.39. The van der Waals surface area contributed by atoms with E-state index >= 15 is 0 Å². The maximum absolute atomic E-state index is 12.3. The van der Waals surface area contributed by atoms with E-state index in [2.05, 4.69) is 0 Å². The highest BCUT2D eigenvalue weighted by molar-refractivity contribution is 6.22. The van der Waals surface area contributed by atoms with Crippen molar-refractivity contribution in [1.29, 1.82) is 0 Å². The van der Waals surface area contributed by atoms with Crippen LogP contribution < -0.4 is 10.0 Å². The molecule has 1 aromatic rings. The Kier molecular flexibility index (Phi) is 3.04. The zero-order valence-corrected chi connectivity index (χ0v) is 10.9. The van der Waals surface area contributed by atoms with Gasteiger partial charge in [0.05, 0.1) is 23.5 Å². The number of benzene rings is 1. The van der Waals surface area contributed by atoms with Crippen LogP contribution in [0.3, 0.4) is 0 Å². The predicted octanol–water partition coefficient (Wildman–Crippen LogP) is 0.730. The summed E-state index contributed by atoms with van der Waals surface area (Å²) in [6, 6.07) is 5.68. The monoisotopic (exact) mass is 272 g/mol. The molecule has 0 N–H and O–H groups in total. The SMILES string of the molecule is O=C([O-])c1ccc(N2C(=O)[C@H]3CCCC[C@H]3C2=O)cc1. The third-order valence-corrected chi connectivity index (χ3v) is 4.20. The third kappa shape index (κ3) is 1.90. The standard InChI is InChI=1S/C15H15NO4/c17-13-11-3-1-2-4-12(11)14(18)16(13)10-7-5-9(6-8-10)15(19)20/h5-8,11-12H,1-4H2,(H,19,20)/p-1/t11-,12+. The summed E-state index contributed by atoms with van der Waals surface area (Å²) in [7, 11) is 0. The Morgan fingerprint density at radius 3 is 1.95 bits per heavy atom. The summed E-state index contributed by atoms with van der Waals surface area (Å²) in [6.07, 6.45) is 3.50. The van der Waals surface area contributed by atoms with Gasteiger partial charge in [0.1, 0.15) is 0 Å². The smallest absolute Gasteiger partial charge is 0.237 e. The van der Waals surface area contributed by atoms with Gasteiger partial charge in [0, 0.05) is 0 Å². The van der Waals surface area contributed by atoms with Gasteiger partial charge in [-0.05, 0) is 30.5 Å². The number of amides is 2. The van der Waals surface area contributed by atoms with Crippen molar-refractivity contribution in [2.75, 3.05) is 4.90 Å². The maximum Gasteiger partial charge on any atom is 0.237 e. The van der Waals surface area contributed by atoms with E-state index < -0.39 is 5.97 Å². The van der Waals surface area contributed by atoms with Crippen LogP contribution in [-0.4, -0.2) is 17.8 Å². The third-order valence-electron chi connectivity index (χ3n) is 4.20. The Bertz CT molecular complexity index is 554. The number of carboxylic acids is 1. The first-order valence-electron chi connectivity index (χ1n) is 6.79. The summed E-state index contributed by atoms with van der Waals surface area (Å²) in [5, 5.41) is 10.7. The molecule has 1 aliphatic carbocycles. The second-order valence-electron chi connectivity index (χ2n) is 5.34. The number of carboxylic acid groups (broad SMARTS) is 1. The summed E-state index contributed by atoms with van der Waals surface area (Å²) >= 11 is 0. The van der Waals surface area contributed by atoms with Gasteiger partial charge < -0.3 is 9.90 Å². The molecule has 2 amide bonds. The molecule has 5 nitrogen and oxygen atoms in total. The second-order valence-corrected chi connectivity index (χ2v) is 5.34. The van der Waals surface area contributed by atoms with E-state index in [4.69, 9.17) is 0 Å². The Morgan fingerprint density at radius 2 is 1.50 bits per heavy atom. The van der Waals surface area contributed by atoms with Crippen LogP contribution >= 0.6 is 0 Å². The first-order chi connectivity index (χ1) is 9.59. The molecular formula is C15H14NO4-. The van der Waals surface area contributed by atoms with E-state index in [9.17, 15) is 19.5 Å². The van der Waals surface area contributed by atoms with Crippen LogP contribution in [0.2, 0.25) is 0 Å². The molecule has 1 aromatic carbocycles. The van der Waals surface area contributed by atoms with Gasteiger partial charge in [0.25, 0.3) is 0 Å². The van der Waals surface area contributed by atoms with Crippen molar-refractivity contribution >= 4 is 23.5 Å². The fourth-order valence-electron chi connectivity index (χ4n) is 3.16. The molecule has 1 saturated heterocycles. The zero-order chi connectivity index (χ0) is 14.3. The summed E-state index contributed by atoms with van der Waals surface area (Å²) in [4.78, 5) is 36.6. The molecule has 1 aliphatic heterocycles. The van der Waals surface area contributed by atoms with Crippen LogP contribution in [0, 0.1) is 11.8 Å². The number of imide groups is 1. The minimum Gasteiger partial charge on any atom is -0.545 e. The molecule has 3 rings (SSSR count). The van der Waals surface area contributed by atoms with Gasteiger partial charge >= 0.3 is 0 Å². The Morgan fingerprint density at radius 1 is 1.00 bits per heavy atom. The average Bonchev–Trinajstić information content (AvgIpc) is 2.72. The molecule has 2 fully saturated rings. The number of fused-ring (bicyclic) bond motifs is 1. The molecule has 104 valence electrons. The highest BCUT2D eigenvalue weighted by atomic mass is 16.4. The molecule has 1 saturated carbocycles. The Balaban J connectivity index is 1.91. The van der Waals surface area contributed by atoms with Crippen LogP contribution in [0.15, 0.2) is 24.3 Å². The van der Waals surface area contributed by atoms with Crippen molar-refractivity contribution in [3.63, 3.8) is 0 Å². The van der Waals surface area contributed by atoms with Crippen molar-refractivity contribution in [2.24, 2.45) is 11.8 Å². The van der Waals surface area contributed by atoms with Gasteiger partial charge in [-0.1, -0.05) is 25.0 Å². The molecule has 1 heterocycles. The van der Waals surface area contributed by atoms with Crippen LogP contribution in [0.4, 0.5) is 5.69 Å². The molecule has 0 bridgehead atoms. The largest absolute Gasteiger partial charge is 0.545 e. The van der Waals surface area contributed by atoms with Crippen molar-refractivity contribution in [1.82, 2.24) is 0 Å². The second kappa shape index (κ2) is 4.74. The van der Waals surface area contributed by atoms with Gasteiger partial charge in [0.15, 0.2) is 0 Å². The zero-order valence-electron chi connectivity index (χ0n) is 10.9. The molecular weight excluding hydrogens is 258 g/mol. The lowest BCUT2D eigenvalue weighted by molar-refractivity contribution is -0.255. The summed E-state index contributed by atoms with van der Waals surface area (Å²) in [6.45, 7) is 0. The van der Waals surface area contributed by atoms with Gasteiger partial charge in [0.2, 0.25) is 11.8 Å². The lowest BCUT2D eigenvalue weighted by Gasteiger charge is -2.19. The minimum absolute atomic E-state index is 0.0326. The number of carbonyl (C=O) groups is 3. The van der Waals surface area contributed by atoms with Gasteiger partial charge in [-0.3, -0.25) is 14.5 Å². The van der Waals surface area contributed by atoms with Gasteiger partial charge in [-0.25, -0.2) is 0 Å². The number of nitrogens with zero attached hydrogens (tertiary/aromatic N) is 1. The van der Waals surface area contributed by atoms with E-state index in [1.54, 1.807) is 0 Å². The molecule has 2 atom stereocenters. The lowest BCUT2D eigenvalue weighted by Crippen LogP contribution is -2.31. The summed E-state index contributed by atoms with van der Waals surface area (Å²) in [5.74, 6) is -1.97. The number of rotatable bonds is 2. The number of anilines is 1. The average molecular weight is 272 g/mol. The first kappa shape index (κ1) is 12.8. The van der Waals surface area contributed by atoms with Crippen LogP contribution in [0.5, 0.6) is 0 Å². The number of carbonyl (C=O) groups excluding carboxylic acids is 3. The van der Waals surface area contributed by atoms with Gasteiger partial charge in [-0.15, -0.1) is 0 Å². The first-order valence-corrected chi connectivity index (χ1v) is 6.79. The van der Waals surface area contributed by atoms with Gasteiger partial charge in [-0.2, -0.15) is 0 Å². The fraction of sp³-hybridized carbons (Fsp3) is 0.400. The normalized spacial score (nSPS) is 25.7. The molecule has 5 heteroatoms. The van der Waals surface area contributed by atoms with Crippen molar-refractivity contribution in [3.05, 3.63) is 29.8 Å². The highest BCUT2D eigenvalue weighted by Gasteiger charge is 2.48. The summed E-state index contributed by atoms with van der Waals surface area (Å²) < 4.78 is 0. The Labute approximate surface area is 116 Å². The topological polar surface area (TPSA) is 77.5 Å². The quantitative estimate of drug-likeness (QED) is 0.744. The van der Waals surface area contributed by atoms with Crippen LogP contribution in [-0.2, 0) is 9.59 Å². The molecule has 0 aromatic heterocycles. The van der Waals surface area contributed by atoms with Crippen molar-refractivity contribution in [3.8, 4) is 0 Å². The van der Waals surface area contributed by atoms with E-state index in [1.165, 1.54) is 29.2 Å². The molecule has 2 aliphatic rings. The van der Waals surface area contributed by atoms with Crippen LogP contribution in [0.1, 0.15) is 36.0 Å².